The third-order valence-electron chi connectivity index (χ3n) is 5.55. The average molecular weight is 286 g/mol. The summed E-state index contributed by atoms with van der Waals surface area (Å²) in [6.07, 6.45) is 6.31. The van der Waals surface area contributed by atoms with Crippen LogP contribution in [0.5, 0.6) is 5.75 Å². The Morgan fingerprint density at radius 3 is 3.19 bits per heavy atom. The molecule has 1 aromatic carbocycles. The molecule has 2 fully saturated rings. The van der Waals surface area contributed by atoms with E-state index in [1.54, 1.807) is 0 Å². The summed E-state index contributed by atoms with van der Waals surface area (Å²) in [5.74, 6) is 1.09. The van der Waals surface area contributed by atoms with Crippen molar-refractivity contribution >= 4 is 0 Å². The van der Waals surface area contributed by atoms with Crippen LogP contribution in [0.2, 0.25) is 0 Å². The van der Waals surface area contributed by atoms with Crippen LogP contribution in [0.4, 0.5) is 0 Å². The Balaban J connectivity index is 1.49. The summed E-state index contributed by atoms with van der Waals surface area (Å²) < 4.78 is 5.63. The molecule has 0 radical (unpaired) electrons. The molecule has 3 atom stereocenters. The molecular formula is C18H26N2O. The van der Waals surface area contributed by atoms with Crippen LogP contribution in [0, 0.1) is 0 Å². The molecule has 0 aromatic heterocycles. The molecule has 114 valence electrons. The fourth-order valence-electron chi connectivity index (χ4n) is 4.41. The van der Waals surface area contributed by atoms with Gasteiger partial charge in [-0.25, -0.2) is 0 Å². The Kier molecular flexibility index (Phi) is 3.64. The highest BCUT2D eigenvalue weighted by Crippen LogP contribution is 2.32. The van der Waals surface area contributed by atoms with Crippen LogP contribution in [0.1, 0.15) is 49.8 Å². The fraction of sp³-hybridized carbons (Fsp3) is 0.667. The largest absolute Gasteiger partial charge is 0.493 e. The van der Waals surface area contributed by atoms with Crippen molar-refractivity contribution in [3.8, 4) is 5.75 Å². The van der Waals surface area contributed by atoms with Gasteiger partial charge in [-0.05, 0) is 49.4 Å². The van der Waals surface area contributed by atoms with Crippen LogP contribution < -0.4 is 10.1 Å². The number of fused-ring (bicyclic) bond motifs is 2. The van der Waals surface area contributed by atoms with Crippen molar-refractivity contribution in [1.29, 1.82) is 0 Å². The maximum Gasteiger partial charge on any atom is 0.122 e. The van der Waals surface area contributed by atoms with E-state index in [1.165, 1.54) is 43.5 Å². The number of nitrogens with one attached hydrogen (secondary N) is 1. The Labute approximate surface area is 127 Å². The maximum absolute atomic E-state index is 5.63. The molecule has 21 heavy (non-hydrogen) atoms. The first kappa shape index (κ1) is 13.6. The molecule has 0 bridgehead atoms. The zero-order chi connectivity index (χ0) is 14.2. The molecule has 4 rings (SSSR count). The smallest absolute Gasteiger partial charge is 0.122 e. The highest BCUT2D eigenvalue weighted by atomic mass is 16.5. The van der Waals surface area contributed by atoms with E-state index in [0.29, 0.717) is 12.1 Å². The van der Waals surface area contributed by atoms with E-state index in [9.17, 15) is 0 Å². The molecular weight excluding hydrogens is 260 g/mol. The summed E-state index contributed by atoms with van der Waals surface area (Å²) in [6.45, 7) is 5.75. The first-order valence-electron chi connectivity index (χ1n) is 8.61. The van der Waals surface area contributed by atoms with Crippen LogP contribution in [-0.2, 0) is 6.42 Å². The van der Waals surface area contributed by atoms with Crippen LogP contribution in [0.25, 0.3) is 0 Å². The highest BCUT2D eigenvalue weighted by molar-refractivity contribution is 5.40. The molecule has 3 heterocycles. The predicted molar refractivity (Wildman–Crippen MR) is 84.8 cm³/mol. The summed E-state index contributed by atoms with van der Waals surface area (Å²) in [5, 5.41) is 3.96. The van der Waals surface area contributed by atoms with Crippen LogP contribution in [-0.4, -0.2) is 36.7 Å². The van der Waals surface area contributed by atoms with Gasteiger partial charge in [0.2, 0.25) is 0 Å². The van der Waals surface area contributed by atoms with Gasteiger partial charge in [-0.15, -0.1) is 0 Å². The predicted octanol–water partition coefficient (Wildman–Crippen LogP) is 2.90. The Morgan fingerprint density at radius 2 is 2.29 bits per heavy atom. The molecule has 1 aromatic rings. The second kappa shape index (κ2) is 5.62. The number of benzene rings is 1. The minimum Gasteiger partial charge on any atom is -0.493 e. The lowest BCUT2D eigenvalue weighted by Gasteiger charge is -2.27. The van der Waals surface area contributed by atoms with Gasteiger partial charge in [0, 0.05) is 31.1 Å². The van der Waals surface area contributed by atoms with E-state index in [4.69, 9.17) is 4.74 Å². The van der Waals surface area contributed by atoms with Gasteiger partial charge < -0.3 is 10.1 Å². The van der Waals surface area contributed by atoms with Crippen molar-refractivity contribution in [2.45, 2.75) is 57.2 Å². The van der Waals surface area contributed by atoms with E-state index >= 15 is 0 Å². The number of hydrogen-bond acceptors (Lipinski definition) is 3. The number of hydrogen-bond donors (Lipinski definition) is 1. The van der Waals surface area contributed by atoms with Gasteiger partial charge in [-0.3, -0.25) is 4.90 Å². The van der Waals surface area contributed by atoms with Gasteiger partial charge in [-0.2, -0.15) is 0 Å². The standard InChI is InChI=1S/C18H26N2O/c1-2-15(13-5-6-18-14(12-13)8-11-21-18)19-16-7-10-20-9-3-4-17(16)20/h5-6,12,15-17,19H,2-4,7-11H2,1H3. The number of ether oxygens (including phenoxy) is 1. The summed E-state index contributed by atoms with van der Waals surface area (Å²) in [6, 6.07) is 8.75. The van der Waals surface area contributed by atoms with Crippen molar-refractivity contribution in [3.63, 3.8) is 0 Å². The van der Waals surface area contributed by atoms with Crippen LogP contribution >= 0.6 is 0 Å². The lowest BCUT2D eigenvalue weighted by molar-refractivity contribution is 0.287. The van der Waals surface area contributed by atoms with E-state index < -0.39 is 0 Å². The average Bonchev–Trinajstić information content (AvgIpc) is 3.21. The van der Waals surface area contributed by atoms with Crippen molar-refractivity contribution in [1.82, 2.24) is 10.2 Å². The molecule has 3 nitrogen and oxygen atoms in total. The quantitative estimate of drug-likeness (QED) is 0.921. The summed E-state index contributed by atoms with van der Waals surface area (Å²) >= 11 is 0. The summed E-state index contributed by atoms with van der Waals surface area (Å²) in [5.41, 5.74) is 2.83. The molecule has 3 aliphatic rings. The SMILES string of the molecule is CCC(NC1CCN2CCCC12)c1ccc2c(c1)CCO2. The number of rotatable bonds is 4. The maximum atomic E-state index is 5.63. The molecule has 2 saturated heterocycles. The van der Waals surface area contributed by atoms with E-state index in [0.717, 1.165) is 31.2 Å². The molecule has 3 heteroatoms. The van der Waals surface area contributed by atoms with Crippen molar-refractivity contribution in [2.24, 2.45) is 0 Å². The molecule has 3 unspecified atom stereocenters. The van der Waals surface area contributed by atoms with Crippen molar-refractivity contribution in [3.05, 3.63) is 29.3 Å². The first-order chi connectivity index (χ1) is 10.3. The summed E-state index contributed by atoms with van der Waals surface area (Å²) in [4.78, 5) is 2.68. The van der Waals surface area contributed by atoms with E-state index in [2.05, 4.69) is 35.3 Å². The van der Waals surface area contributed by atoms with Gasteiger partial charge in [0.15, 0.2) is 0 Å². The summed E-state index contributed by atoms with van der Waals surface area (Å²) in [7, 11) is 0. The van der Waals surface area contributed by atoms with E-state index in [1.807, 2.05) is 0 Å². The minimum absolute atomic E-state index is 0.487. The van der Waals surface area contributed by atoms with Gasteiger partial charge in [0.1, 0.15) is 5.75 Å². The third-order valence-corrected chi connectivity index (χ3v) is 5.55. The minimum atomic E-state index is 0.487. The highest BCUT2D eigenvalue weighted by Gasteiger charge is 2.37. The molecule has 0 spiro atoms. The number of nitrogens with zero attached hydrogens (tertiary/aromatic N) is 1. The van der Waals surface area contributed by atoms with Crippen LogP contribution in [0.15, 0.2) is 18.2 Å². The Bertz CT molecular complexity index is 516. The molecule has 0 amide bonds. The first-order valence-corrected chi connectivity index (χ1v) is 8.61. The molecule has 0 aliphatic carbocycles. The fourth-order valence-corrected chi connectivity index (χ4v) is 4.41. The Hall–Kier alpha value is -1.06. The van der Waals surface area contributed by atoms with Gasteiger partial charge in [0.25, 0.3) is 0 Å². The second-order valence-electron chi connectivity index (χ2n) is 6.73. The lowest BCUT2D eigenvalue weighted by atomic mass is 9.98. The van der Waals surface area contributed by atoms with E-state index in [-0.39, 0.29) is 0 Å². The third kappa shape index (κ3) is 2.47. The van der Waals surface area contributed by atoms with Gasteiger partial charge in [-0.1, -0.05) is 19.1 Å². The normalized spacial score (nSPS) is 29.2. The molecule has 0 saturated carbocycles. The Morgan fingerprint density at radius 1 is 1.33 bits per heavy atom. The monoisotopic (exact) mass is 286 g/mol. The van der Waals surface area contributed by atoms with Gasteiger partial charge >= 0.3 is 0 Å². The second-order valence-corrected chi connectivity index (χ2v) is 6.73. The van der Waals surface area contributed by atoms with Crippen LogP contribution in [0.3, 0.4) is 0 Å². The molecule has 3 aliphatic heterocycles. The van der Waals surface area contributed by atoms with Gasteiger partial charge in [0.05, 0.1) is 6.61 Å². The van der Waals surface area contributed by atoms with Crippen molar-refractivity contribution < 1.29 is 4.74 Å². The zero-order valence-electron chi connectivity index (χ0n) is 13.0. The molecule has 1 N–H and O–H groups in total. The topological polar surface area (TPSA) is 24.5 Å². The van der Waals surface area contributed by atoms with Crippen molar-refractivity contribution in [2.75, 3.05) is 19.7 Å². The lowest BCUT2D eigenvalue weighted by Crippen LogP contribution is -2.40. The zero-order valence-corrected chi connectivity index (χ0v) is 13.0.